The second kappa shape index (κ2) is 7.30. The fourth-order valence-electron chi connectivity index (χ4n) is 1.60. The van der Waals surface area contributed by atoms with E-state index >= 15 is 0 Å². The monoisotopic (exact) mass is 344 g/mol. The van der Waals surface area contributed by atoms with Crippen molar-refractivity contribution in [2.24, 2.45) is 10.8 Å². The Balaban J connectivity index is 2.18. The normalized spacial score (nSPS) is 12.1. The van der Waals surface area contributed by atoms with Crippen molar-refractivity contribution in [3.05, 3.63) is 53.3 Å². The Labute approximate surface area is 134 Å². The molecule has 122 valence electrons. The van der Waals surface area contributed by atoms with Crippen LogP contribution in [0.5, 0.6) is 5.75 Å². The first-order valence-corrected chi connectivity index (χ1v) is 6.72. The maximum Gasteiger partial charge on any atom is 0.422 e. The molecule has 0 aliphatic carbocycles. The van der Waals surface area contributed by atoms with Crippen LogP contribution in [0.1, 0.15) is 5.69 Å². The largest absolute Gasteiger partial charge is 0.483 e. The maximum absolute atomic E-state index is 12.1. The van der Waals surface area contributed by atoms with Crippen molar-refractivity contribution in [2.45, 2.75) is 6.18 Å². The summed E-state index contributed by atoms with van der Waals surface area (Å²) in [5, 5.41) is 0.422. The maximum atomic E-state index is 12.1. The van der Waals surface area contributed by atoms with Gasteiger partial charge >= 0.3 is 6.18 Å². The van der Waals surface area contributed by atoms with Crippen LogP contribution >= 0.6 is 11.6 Å². The quantitative estimate of drug-likeness (QED) is 0.386. The molecule has 23 heavy (non-hydrogen) atoms. The van der Waals surface area contributed by atoms with Crippen LogP contribution < -0.4 is 16.0 Å². The molecule has 2 aromatic rings. The molecule has 0 atom stereocenters. The second-order valence-electron chi connectivity index (χ2n) is 4.34. The van der Waals surface area contributed by atoms with E-state index in [4.69, 9.17) is 17.4 Å². The van der Waals surface area contributed by atoms with E-state index in [1.165, 1.54) is 12.1 Å². The van der Waals surface area contributed by atoms with Gasteiger partial charge in [0, 0.05) is 0 Å². The third-order valence-corrected chi connectivity index (χ3v) is 2.92. The number of hydrogen-bond acceptors (Lipinski definition) is 4. The van der Waals surface area contributed by atoms with E-state index in [9.17, 15) is 13.2 Å². The Hall–Kier alpha value is -2.32. The molecule has 1 aromatic heterocycles. The number of para-hydroxylation sites is 1. The number of alkyl halides is 3. The molecule has 0 fully saturated rings. The summed E-state index contributed by atoms with van der Waals surface area (Å²) in [5.74, 6) is 5.61. The van der Waals surface area contributed by atoms with E-state index in [1.807, 2.05) is 0 Å². The number of pyridine rings is 1. The molecule has 3 N–H and O–H groups in total. The number of hydrazine groups is 1. The van der Waals surface area contributed by atoms with Gasteiger partial charge in [-0.05, 0) is 24.3 Å². The molecule has 0 saturated heterocycles. The van der Waals surface area contributed by atoms with E-state index in [2.05, 4.69) is 20.1 Å². The van der Waals surface area contributed by atoms with Gasteiger partial charge in [0.25, 0.3) is 0 Å². The van der Waals surface area contributed by atoms with E-state index in [1.54, 1.807) is 24.3 Å². The van der Waals surface area contributed by atoms with E-state index in [0.717, 1.165) is 6.20 Å². The number of benzene rings is 1. The number of nitrogens with zero attached hydrogens (tertiary/aromatic N) is 2. The summed E-state index contributed by atoms with van der Waals surface area (Å²) >= 11 is 6.00. The molecule has 2 rings (SSSR count). The SMILES string of the molecule is NNC(=Nc1ccccc1Cl)c1ccc(OCC(F)(F)F)cn1. The number of nitrogens with one attached hydrogen (secondary N) is 1. The predicted molar refractivity (Wildman–Crippen MR) is 80.8 cm³/mol. The Kier molecular flexibility index (Phi) is 5.41. The standard InChI is InChI=1S/C14H12ClF3N4O/c15-10-3-1-2-4-11(10)21-13(22-19)12-6-5-9(7-20-12)23-8-14(16,17)18/h1-7H,8,19H2,(H,21,22). The predicted octanol–water partition coefficient (Wildman–Crippen LogP) is 3.22. The molecule has 0 unspecified atom stereocenters. The lowest BCUT2D eigenvalue weighted by Crippen LogP contribution is -2.31. The molecule has 0 radical (unpaired) electrons. The Bertz CT molecular complexity index is 689. The highest BCUT2D eigenvalue weighted by Crippen LogP contribution is 2.24. The number of rotatable bonds is 4. The van der Waals surface area contributed by atoms with Crippen LogP contribution in [0, 0.1) is 0 Å². The topological polar surface area (TPSA) is 72.5 Å². The minimum Gasteiger partial charge on any atom is -0.483 e. The van der Waals surface area contributed by atoms with Gasteiger partial charge in [0.1, 0.15) is 11.4 Å². The fourth-order valence-corrected chi connectivity index (χ4v) is 1.78. The van der Waals surface area contributed by atoms with Gasteiger partial charge in [-0.15, -0.1) is 0 Å². The van der Waals surface area contributed by atoms with Gasteiger partial charge < -0.3 is 10.2 Å². The van der Waals surface area contributed by atoms with Crippen LogP contribution in [-0.4, -0.2) is 23.6 Å². The van der Waals surface area contributed by atoms with Gasteiger partial charge in [0.05, 0.1) is 16.9 Å². The zero-order chi connectivity index (χ0) is 16.9. The zero-order valence-electron chi connectivity index (χ0n) is 11.6. The van der Waals surface area contributed by atoms with Gasteiger partial charge in [0.15, 0.2) is 12.4 Å². The molecule has 0 aliphatic heterocycles. The van der Waals surface area contributed by atoms with E-state index < -0.39 is 12.8 Å². The van der Waals surface area contributed by atoms with Gasteiger partial charge in [0.2, 0.25) is 0 Å². The Morgan fingerprint density at radius 2 is 2.00 bits per heavy atom. The van der Waals surface area contributed by atoms with Crippen molar-refractivity contribution >= 4 is 23.1 Å². The summed E-state index contributed by atoms with van der Waals surface area (Å²) in [6.07, 6.45) is -3.26. The Morgan fingerprint density at radius 1 is 1.26 bits per heavy atom. The second-order valence-corrected chi connectivity index (χ2v) is 4.75. The van der Waals surface area contributed by atoms with Crippen molar-refractivity contribution in [1.82, 2.24) is 10.4 Å². The van der Waals surface area contributed by atoms with Crippen LogP contribution in [0.2, 0.25) is 5.02 Å². The smallest absolute Gasteiger partial charge is 0.422 e. The van der Waals surface area contributed by atoms with Gasteiger partial charge in [-0.25, -0.2) is 15.8 Å². The average molecular weight is 345 g/mol. The summed E-state index contributed by atoms with van der Waals surface area (Å²) in [4.78, 5) is 8.19. The zero-order valence-corrected chi connectivity index (χ0v) is 12.4. The number of aromatic nitrogens is 1. The first-order valence-electron chi connectivity index (χ1n) is 6.35. The lowest BCUT2D eigenvalue weighted by atomic mass is 10.3. The summed E-state index contributed by atoms with van der Waals surface area (Å²) < 4.78 is 40.8. The first kappa shape index (κ1) is 17.0. The van der Waals surface area contributed by atoms with Crippen molar-refractivity contribution in [2.75, 3.05) is 6.61 Å². The molecule has 0 bridgehead atoms. The molecule has 9 heteroatoms. The number of halogens is 4. The third-order valence-electron chi connectivity index (χ3n) is 2.60. The highest BCUT2D eigenvalue weighted by Gasteiger charge is 2.28. The molecule has 1 aromatic carbocycles. The van der Waals surface area contributed by atoms with E-state index in [-0.39, 0.29) is 11.6 Å². The lowest BCUT2D eigenvalue weighted by molar-refractivity contribution is -0.153. The minimum absolute atomic E-state index is 0.0137. The van der Waals surface area contributed by atoms with Crippen molar-refractivity contribution in [3.8, 4) is 5.75 Å². The highest BCUT2D eigenvalue weighted by atomic mass is 35.5. The van der Waals surface area contributed by atoms with Crippen LogP contribution in [0.15, 0.2) is 47.6 Å². The fraction of sp³-hybridized carbons (Fsp3) is 0.143. The van der Waals surface area contributed by atoms with Gasteiger partial charge in [-0.2, -0.15) is 13.2 Å². The van der Waals surface area contributed by atoms with Crippen molar-refractivity contribution < 1.29 is 17.9 Å². The van der Waals surface area contributed by atoms with Gasteiger partial charge in [-0.3, -0.25) is 0 Å². The lowest BCUT2D eigenvalue weighted by Gasteiger charge is -2.10. The summed E-state index contributed by atoms with van der Waals surface area (Å²) in [7, 11) is 0. The molecule has 0 aliphatic rings. The number of amidine groups is 1. The minimum atomic E-state index is -4.41. The summed E-state index contributed by atoms with van der Waals surface area (Å²) in [6, 6.07) is 9.62. The molecule has 5 nitrogen and oxygen atoms in total. The number of nitrogens with two attached hydrogens (primary N) is 1. The van der Waals surface area contributed by atoms with Crippen LogP contribution in [0.3, 0.4) is 0 Å². The molecule has 0 amide bonds. The van der Waals surface area contributed by atoms with Crippen LogP contribution in [0.25, 0.3) is 0 Å². The number of hydrogen-bond donors (Lipinski definition) is 2. The summed E-state index contributed by atoms with van der Waals surface area (Å²) in [5.41, 5.74) is 3.18. The van der Waals surface area contributed by atoms with E-state index in [0.29, 0.717) is 16.4 Å². The molecular formula is C14H12ClF3N4O. The average Bonchev–Trinajstić information content (AvgIpc) is 2.52. The molecular weight excluding hydrogens is 333 g/mol. The molecule has 0 saturated carbocycles. The first-order chi connectivity index (χ1) is 10.9. The number of ether oxygens (including phenoxy) is 1. The highest BCUT2D eigenvalue weighted by molar-refractivity contribution is 6.33. The Morgan fingerprint density at radius 3 is 2.57 bits per heavy atom. The summed E-state index contributed by atoms with van der Waals surface area (Å²) in [6.45, 7) is -1.39. The van der Waals surface area contributed by atoms with Crippen molar-refractivity contribution in [3.63, 3.8) is 0 Å². The van der Waals surface area contributed by atoms with Crippen molar-refractivity contribution in [1.29, 1.82) is 0 Å². The van der Waals surface area contributed by atoms with Crippen LogP contribution in [-0.2, 0) is 0 Å². The molecule has 1 heterocycles. The van der Waals surface area contributed by atoms with Crippen LogP contribution in [0.4, 0.5) is 18.9 Å². The molecule has 0 spiro atoms. The third kappa shape index (κ3) is 5.11. The van der Waals surface area contributed by atoms with Gasteiger partial charge in [-0.1, -0.05) is 23.7 Å². The number of aliphatic imine (C=N–C) groups is 1.